The van der Waals surface area contributed by atoms with Crippen molar-refractivity contribution >= 4 is 28.6 Å². The van der Waals surface area contributed by atoms with E-state index in [1.807, 2.05) is 6.92 Å². The van der Waals surface area contributed by atoms with Crippen LogP contribution in [0.15, 0.2) is 12.3 Å². The molecule has 2 heterocycles. The molecule has 0 bridgehead atoms. The lowest BCUT2D eigenvalue weighted by Gasteiger charge is -2.00. The third-order valence-corrected chi connectivity index (χ3v) is 2.04. The highest BCUT2D eigenvalue weighted by Gasteiger charge is 2.06. The van der Waals surface area contributed by atoms with E-state index in [1.54, 1.807) is 12.3 Å². The molecule has 0 radical (unpaired) electrons. The van der Waals surface area contributed by atoms with Gasteiger partial charge in [0.05, 0.1) is 10.9 Å². The average Bonchev–Trinajstić information content (AvgIpc) is 2.61. The molecule has 0 saturated heterocycles. The van der Waals surface area contributed by atoms with Crippen LogP contribution in [0.5, 0.6) is 0 Å². The van der Waals surface area contributed by atoms with Gasteiger partial charge in [0.2, 0.25) is 0 Å². The summed E-state index contributed by atoms with van der Waals surface area (Å²) in [4.78, 5) is 14.7. The molecule has 0 aromatic carbocycles. The number of nitrogens with zero attached hydrogens (tertiary/aromatic N) is 2. The van der Waals surface area contributed by atoms with Gasteiger partial charge in [-0.1, -0.05) is 0 Å². The summed E-state index contributed by atoms with van der Waals surface area (Å²) in [7, 11) is 0. The largest absolute Gasteiger partial charge is 0.368 e. The van der Waals surface area contributed by atoms with Gasteiger partial charge >= 0.3 is 6.03 Å². The van der Waals surface area contributed by atoms with Crippen molar-refractivity contribution in [1.29, 1.82) is 0 Å². The molecule has 2 amide bonds. The van der Waals surface area contributed by atoms with Gasteiger partial charge in [-0.25, -0.2) is 9.78 Å². The van der Waals surface area contributed by atoms with Crippen LogP contribution in [-0.4, -0.2) is 27.8 Å². The maximum Gasteiger partial charge on any atom is 0.317 e. The average molecular weight is 220 g/mol. The summed E-state index contributed by atoms with van der Waals surface area (Å²) in [6.07, 6.45) is 1.63. The van der Waals surface area contributed by atoms with Crippen LogP contribution in [-0.2, 0) is 0 Å². The number of aromatic nitrogens is 3. The molecule has 5 N–H and O–H groups in total. The number of fused-ring (bicyclic) bond motifs is 1. The Morgan fingerprint density at radius 2 is 2.44 bits per heavy atom. The molecular formula is C9H12N6O. The van der Waals surface area contributed by atoms with Crippen molar-refractivity contribution in [3.8, 4) is 0 Å². The van der Waals surface area contributed by atoms with Crippen LogP contribution in [0, 0.1) is 0 Å². The lowest BCUT2D eigenvalue weighted by Crippen LogP contribution is -2.19. The molecule has 0 atom stereocenters. The first-order chi connectivity index (χ1) is 7.70. The molecule has 2 rings (SSSR count). The highest BCUT2D eigenvalue weighted by Crippen LogP contribution is 2.21. The first kappa shape index (κ1) is 10.2. The van der Waals surface area contributed by atoms with Crippen LogP contribution in [0.2, 0.25) is 0 Å². The van der Waals surface area contributed by atoms with E-state index in [2.05, 4.69) is 25.8 Å². The van der Waals surface area contributed by atoms with Crippen molar-refractivity contribution in [3.05, 3.63) is 12.3 Å². The Morgan fingerprint density at radius 3 is 3.12 bits per heavy atom. The van der Waals surface area contributed by atoms with E-state index in [0.717, 1.165) is 23.3 Å². The Morgan fingerprint density at radius 1 is 1.62 bits per heavy atom. The smallest absolute Gasteiger partial charge is 0.317 e. The Kier molecular flexibility index (Phi) is 2.59. The van der Waals surface area contributed by atoms with Crippen LogP contribution in [0.1, 0.15) is 6.92 Å². The van der Waals surface area contributed by atoms with Gasteiger partial charge in [0.1, 0.15) is 5.82 Å². The van der Waals surface area contributed by atoms with Gasteiger partial charge in [0, 0.05) is 18.8 Å². The van der Waals surface area contributed by atoms with Crippen LogP contribution in [0.4, 0.5) is 16.4 Å². The molecule has 16 heavy (non-hydrogen) atoms. The molecule has 2 aromatic heterocycles. The van der Waals surface area contributed by atoms with E-state index in [9.17, 15) is 4.79 Å². The molecule has 0 fully saturated rings. The number of carbonyl (C=O) groups excluding carboxylic acids is 1. The molecule has 84 valence electrons. The summed E-state index contributed by atoms with van der Waals surface area (Å²) < 4.78 is 0. The normalized spacial score (nSPS) is 10.3. The summed E-state index contributed by atoms with van der Waals surface area (Å²) in [5.74, 6) is 1.14. The molecule has 0 unspecified atom stereocenters. The minimum atomic E-state index is -0.640. The number of carbonyl (C=O) groups is 1. The lowest BCUT2D eigenvalue weighted by atomic mass is 10.3. The molecule has 0 saturated carbocycles. The minimum absolute atomic E-state index is 0.395. The predicted molar refractivity (Wildman–Crippen MR) is 61.3 cm³/mol. The number of amides is 2. The number of hydrogen-bond acceptors (Lipinski definition) is 4. The van der Waals surface area contributed by atoms with Crippen molar-refractivity contribution in [3.63, 3.8) is 0 Å². The van der Waals surface area contributed by atoms with E-state index in [-0.39, 0.29) is 0 Å². The molecule has 2 aromatic rings. The standard InChI is InChI=1S/C9H12N6O/c1-2-11-8-5-4-12-7(13-9(10)16)3-6(5)14-15-8/h3-4H,2H2,1H3,(H2,11,14,15)(H3,10,12,13,16). The topological polar surface area (TPSA) is 109 Å². The molecule has 0 aliphatic heterocycles. The number of rotatable bonds is 3. The van der Waals surface area contributed by atoms with Gasteiger partial charge in [-0.3, -0.25) is 10.4 Å². The number of H-pyrrole nitrogens is 1. The highest BCUT2D eigenvalue weighted by atomic mass is 16.2. The van der Waals surface area contributed by atoms with Crippen molar-refractivity contribution in [1.82, 2.24) is 15.2 Å². The van der Waals surface area contributed by atoms with E-state index >= 15 is 0 Å². The van der Waals surface area contributed by atoms with Crippen LogP contribution in [0.3, 0.4) is 0 Å². The van der Waals surface area contributed by atoms with Gasteiger partial charge in [0.15, 0.2) is 5.82 Å². The fraction of sp³-hybridized carbons (Fsp3) is 0.222. The number of pyridine rings is 1. The van der Waals surface area contributed by atoms with Crippen LogP contribution >= 0.6 is 0 Å². The Bertz CT molecular complexity index is 520. The quantitative estimate of drug-likeness (QED) is 0.615. The van der Waals surface area contributed by atoms with Crippen LogP contribution < -0.4 is 16.4 Å². The summed E-state index contributed by atoms with van der Waals surface area (Å²) in [5.41, 5.74) is 5.78. The first-order valence-corrected chi connectivity index (χ1v) is 4.85. The van der Waals surface area contributed by atoms with Gasteiger partial charge in [0.25, 0.3) is 0 Å². The van der Waals surface area contributed by atoms with Gasteiger partial charge < -0.3 is 11.1 Å². The fourth-order valence-corrected chi connectivity index (χ4v) is 1.41. The van der Waals surface area contributed by atoms with E-state index in [1.165, 1.54) is 0 Å². The zero-order valence-corrected chi connectivity index (χ0v) is 8.74. The lowest BCUT2D eigenvalue weighted by molar-refractivity contribution is 0.259. The number of nitrogens with one attached hydrogen (secondary N) is 3. The summed E-state index contributed by atoms with van der Waals surface area (Å²) >= 11 is 0. The number of anilines is 2. The highest BCUT2D eigenvalue weighted by molar-refractivity contribution is 5.93. The summed E-state index contributed by atoms with van der Waals surface area (Å²) in [5, 5.41) is 13.3. The number of primary amides is 1. The zero-order chi connectivity index (χ0) is 11.5. The van der Waals surface area contributed by atoms with Crippen molar-refractivity contribution in [2.75, 3.05) is 17.2 Å². The predicted octanol–water partition coefficient (Wildman–Crippen LogP) is 0.880. The molecule has 7 nitrogen and oxygen atoms in total. The van der Waals surface area contributed by atoms with Gasteiger partial charge in [-0.15, -0.1) is 0 Å². The molecule has 0 spiro atoms. The second-order valence-corrected chi connectivity index (χ2v) is 3.21. The molecule has 0 aliphatic rings. The SMILES string of the molecule is CCNc1n[nH]c2cc(NC(N)=O)ncc12. The third kappa shape index (κ3) is 1.88. The summed E-state index contributed by atoms with van der Waals surface area (Å²) in [6, 6.07) is 1.03. The second kappa shape index (κ2) is 4.05. The molecule has 0 aliphatic carbocycles. The van der Waals surface area contributed by atoms with Crippen molar-refractivity contribution in [2.45, 2.75) is 6.92 Å². The second-order valence-electron chi connectivity index (χ2n) is 3.21. The van der Waals surface area contributed by atoms with E-state index in [4.69, 9.17) is 5.73 Å². The number of urea groups is 1. The fourth-order valence-electron chi connectivity index (χ4n) is 1.41. The minimum Gasteiger partial charge on any atom is -0.368 e. The Labute approximate surface area is 91.4 Å². The van der Waals surface area contributed by atoms with Gasteiger partial charge in [-0.05, 0) is 6.92 Å². The van der Waals surface area contributed by atoms with Crippen LogP contribution in [0.25, 0.3) is 10.9 Å². The number of hydrogen-bond donors (Lipinski definition) is 4. The maximum atomic E-state index is 10.6. The summed E-state index contributed by atoms with van der Waals surface area (Å²) in [6.45, 7) is 2.76. The maximum absolute atomic E-state index is 10.6. The number of nitrogens with two attached hydrogens (primary N) is 1. The number of aromatic amines is 1. The van der Waals surface area contributed by atoms with Gasteiger partial charge in [-0.2, -0.15) is 5.10 Å². The third-order valence-electron chi connectivity index (χ3n) is 2.04. The Hall–Kier alpha value is -2.31. The van der Waals surface area contributed by atoms with Crippen molar-refractivity contribution < 1.29 is 4.79 Å². The monoisotopic (exact) mass is 220 g/mol. The first-order valence-electron chi connectivity index (χ1n) is 4.85. The zero-order valence-electron chi connectivity index (χ0n) is 8.74. The molecular weight excluding hydrogens is 208 g/mol. The van der Waals surface area contributed by atoms with E-state index in [0.29, 0.717) is 5.82 Å². The molecule has 7 heteroatoms. The van der Waals surface area contributed by atoms with Crippen molar-refractivity contribution in [2.24, 2.45) is 5.73 Å². The Balaban J connectivity index is 2.37. The van der Waals surface area contributed by atoms with E-state index < -0.39 is 6.03 Å².